The van der Waals surface area contributed by atoms with Gasteiger partial charge in [0.05, 0.1) is 10.3 Å². The van der Waals surface area contributed by atoms with E-state index < -0.39 is 16.3 Å². The highest BCUT2D eigenvalue weighted by molar-refractivity contribution is 7.99. The van der Waals surface area contributed by atoms with Crippen LogP contribution in [0.25, 0.3) is 0 Å². The van der Waals surface area contributed by atoms with Crippen molar-refractivity contribution in [3.8, 4) is 0 Å². The molecule has 18 heavy (non-hydrogen) atoms. The highest BCUT2D eigenvalue weighted by Crippen LogP contribution is 2.27. The van der Waals surface area contributed by atoms with Crippen LogP contribution in [-0.2, 0) is 4.79 Å². The van der Waals surface area contributed by atoms with E-state index in [1.165, 1.54) is 23.9 Å². The molecule has 0 heterocycles. The molecule has 0 amide bonds. The number of carboxylic acids is 1. The molecule has 0 unspecified atom stereocenters. The predicted molar refractivity (Wildman–Crippen MR) is 69.9 cm³/mol. The Labute approximate surface area is 109 Å². The van der Waals surface area contributed by atoms with E-state index in [1.54, 1.807) is 26.0 Å². The zero-order valence-electron chi connectivity index (χ0n) is 10.3. The van der Waals surface area contributed by atoms with Crippen LogP contribution in [-0.4, -0.2) is 21.8 Å². The van der Waals surface area contributed by atoms with Gasteiger partial charge in [-0.2, -0.15) is 0 Å². The molecule has 0 aliphatic rings. The van der Waals surface area contributed by atoms with Crippen molar-refractivity contribution >= 4 is 23.4 Å². The van der Waals surface area contributed by atoms with E-state index in [0.29, 0.717) is 12.2 Å². The molecule has 0 atom stereocenters. The van der Waals surface area contributed by atoms with Crippen molar-refractivity contribution < 1.29 is 14.8 Å². The number of carbonyl (C=O) groups is 1. The van der Waals surface area contributed by atoms with Gasteiger partial charge in [0.15, 0.2) is 0 Å². The number of hydrogen-bond donors (Lipinski definition) is 1. The van der Waals surface area contributed by atoms with Gasteiger partial charge in [-0.3, -0.25) is 14.9 Å². The molecule has 6 heteroatoms. The van der Waals surface area contributed by atoms with Crippen molar-refractivity contribution in [1.82, 2.24) is 0 Å². The molecular weight excluding hydrogens is 254 g/mol. The molecule has 0 aliphatic heterocycles. The molecule has 1 aromatic rings. The number of aliphatic carboxylic acids is 1. The maximum Gasteiger partial charge on any atom is 0.309 e. The molecule has 0 bridgehead atoms. The van der Waals surface area contributed by atoms with E-state index in [9.17, 15) is 14.9 Å². The van der Waals surface area contributed by atoms with Crippen molar-refractivity contribution in [2.75, 3.05) is 5.75 Å². The normalized spacial score (nSPS) is 11.2. The van der Waals surface area contributed by atoms with Crippen LogP contribution in [0.1, 0.15) is 20.3 Å². The second kappa shape index (κ2) is 5.86. The average molecular weight is 269 g/mol. The Hall–Kier alpha value is -1.56. The zero-order chi connectivity index (χ0) is 13.8. The number of nitro groups is 1. The van der Waals surface area contributed by atoms with Gasteiger partial charge in [0.25, 0.3) is 5.69 Å². The van der Waals surface area contributed by atoms with E-state index in [-0.39, 0.29) is 5.69 Å². The van der Waals surface area contributed by atoms with Gasteiger partial charge in [-0.1, -0.05) is 0 Å². The van der Waals surface area contributed by atoms with Crippen LogP contribution in [0.2, 0.25) is 0 Å². The highest BCUT2D eigenvalue weighted by Gasteiger charge is 2.26. The summed E-state index contributed by atoms with van der Waals surface area (Å²) < 4.78 is 0. The lowest BCUT2D eigenvalue weighted by Gasteiger charge is -2.18. The van der Waals surface area contributed by atoms with Gasteiger partial charge >= 0.3 is 5.97 Å². The summed E-state index contributed by atoms with van der Waals surface area (Å²) >= 11 is 1.50. The molecule has 5 nitrogen and oxygen atoms in total. The second-order valence-corrected chi connectivity index (χ2v) is 5.71. The van der Waals surface area contributed by atoms with Crippen LogP contribution in [0.4, 0.5) is 5.69 Å². The Morgan fingerprint density at radius 3 is 2.39 bits per heavy atom. The fraction of sp³-hybridized carbons (Fsp3) is 0.417. The summed E-state index contributed by atoms with van der Waals surface area (Å²) in [6.07, 6.45) is 0.546. The van der Waals surface area contributed by atoms with Crippen LogP contribution in [0.3, 0.4) is 0 Å². The summed E-state index contributed by atoms with van der Waals surface area (Å²) in [4.78, 5) is 21.8. The van der Waals surface area contributed by atoms with Gasteiger partial charge in [0, 0.05) is 17.0 Å². The Morgan fingerprint density at radius 1 is 1.39 bits per heavy atom. The van der Waals surface area contributed by atoms with Gasteiger partial charge in [0.1, 0.15) is 0 Å². The van der Waals surface area contributed by atoms with E-state index in [0.717, 1.165) is 4.90 Å². The summed E-state index contributed by atoms with van der Waals surface area (Å²) in [5.41, 5.74) is -0.682. The number of nitro benzene ring substituents is 1. The predicted octanol–water partition coefficient (Wildman–Crippen LogP) is 3.19. The quantitative estimate of drug-likeness (QED) is 0.487. The topological polar surface area (TPSA) is 80.4 Å². The summed E-state index contributed by atoms with van der Waals surface area (Å²) in [6.45, 7) is 3.37. The molecule has 1 N–H and O–H groups in total. The molecule has 1 rings (SSSR count). The van der Waals surface area contributed by atoms with Crippen LogP contribution in [0.15, 0.2) is 29.2 Å². The smallest absolute Gasteiger partial charge is 0.309 e. The zero-order valence-corrected chi connectivity index (χ0v) is 11.1. The van der Waals surface area contributed by atoms with E-state index in [1.807, 2.05) is 0 Å². The molecule has 98 valence electrons. The van der Waals surface area contributed by atoms with Crippen LogP contribution in [0, 0.1) is 15.5 Å². The Morgan fingerprint density at radius 2 is 1.94 bits per heavy atom. The minimum Gasteiger partial charge on any atom is -0.481 e. The maximum absolute atomic E-state index is 10.9. The summed E-state index contributed by atoms with van der Waals surface area (Å²) in [6, 6.07) is 6.25. The first-order valence-corrected chi connectivity index (χ1v) is 6.42. The lowest BCUT2D eigenvalue weighted by molar-refractivity contribution is -0.384. The molecule has 0 aromatic heterocycles. The SMILES string of the molecule is CC(C)(CCSc1ccc([N+](=O)[O-])cc1)C(=O)O. The molecule has 0 radical (unpaired) electrons. The van der Waals surface area contributed by atoms with Gasteiger partial charge in [0.2, 0.25) is 0 Å². The van der Waals surface area contributed by atoms with Crippen molar-refractivity contribution in [2.24, 2.45) is 5.41 Å². The molecular formula is C12H15NO4S. The summed E-state index contributed by atoms with van der Waals surface area (Å²) in [5, 5.41) is 19.4. The number of nitrogens with zero attached hydrogens (tertiary/aromatic N) is 1. The lowest BCUT2D eigenvalue weighted by Crippen LogP contribution is -2.24. The Balaban J connectivity index is 2.50. The number of hydrogen-bond acceptors (Lipinski definition) is 4. The molecule has 0 fully saturated rings. The summed E-state index contributed by atoms with van der Waals surface area (Å²) in [5.74, 6) is -0.149. The van der Waals surface area contributed by atoms with Crippen molar-refractivity contribution in [1.29, 1.82) is 0 Å². The van der Waals surface area contributed by atoms with Crippen molar-refractivity contribution in [3.63, 3.8) is 0 Å². The molecule has 0 spiro atoms. The monoisotopic (exact) mass is 269 g/mol. The van der Waals surface area contributed by atoms with Crippen LogP contribution >= 0.6 is 11.8 Å². The van der Waals surface area contributed by atoms with Gasteiger partial charge in [-0.15, -0.1) is 11.8 Å². The Kier molecular flexibility index (Phi) is 4.72. The maximum atomic E-state index is 10.9. The molecule has 0 aliphatic carbocycles. The lowest BCUT2D eigenvalue weighted by atomic mass is 9.91. The average Bonchev–Trinajstić information content (AvgIpc) is 2.29. The summed E-state index contributed by atoms with van der Waals surface area (Å²) in [7, 11) is 0. The molecule has 0 saturated heterocycles. The standard InChI is InChI=1S/C12H15NO4S/c1-12(2,11(14)15)7-8-18-10-5-3-9(4-6-10)13(16)17/h3-6H,7-8H2,1-2H3,(H,14,15). The third kappa shape index (κ3) is 4.03. The minimum absolute atomic E-state index is 0.0604. The number of carboxylic acid groups (broad SMARTS) is 1. The van der Waals surface area contributed by atoms with E-state index in [4.69, 9.17) is 5.11 Å². The van der Waals surface area contributed by atoms with Crippen LogP contribution < -0.4 is 0 Å². The largest absolute Gasteiger partial charge is 0.481 e. The first kappa shape index (κ1) is 14.5. The van der Waals surface area contributed by atoms with E-state index >= 15 is 0 Å². The number of benzene rings is 1. The van der Waals surface area contributed by atoms with Gasteiger partial charge in [-0.05, 0) is 38.2 Å². The van der Waals surface area contributed by atoms with E-state index in [2.05, 4.69) is 0 Å². The minimum atomic E-state index is -0.813. The fourth-order valence-electron chi connectivity index (χ4n) is 1.20. The molecule has 1 aromatic carbocycles. The first-order valence-electron chi connectivity index (χ1n) is 5.43. The van der Waals surface area contributed by atoms with Gasteiger partial charge < -0.3 is 5.11 Å². The number of rotatable bonds is 6. The number of non-ortho nitro benzene ring substituents is 1. The van der Waals surface area contributed by atoms with Crippen molar-refractivity contribution in [3.05, 3.63) is 34.4 Å². The number of thioether (sulfide) groups is 1. The molecule has 0 saturated carbocycles. The highest BCUT2D eigenvalue weighted by atomic mass is 32.2. The Bertz CT molecular complexity index is 442. The third-order valence-corrected chi connectivity index (χ3v) is 3.64. The first-order chi connectivity index (χ1) is 8.33. The van der Waals surface area contributed by atoms with Crippen LogP contribution in [0.5, 0.6) is 0 Å². The fourth-order valence-corrected chi connectivity index (χ4v) is 2.37. The van der Waals surface area contributed by atoms with Gasteiger partial charge in [-0.25, -0.2) is 0 Å². The second-order valence-electron chi connectivity index (χ2n) is 4.54. The third-order valence-electron chi connectivity index (χ3n) is 2.62. The van der Waals surface area contributed by atoms with Crippen molar-refractivity contribution in [2.45, 2.75) is 25.2 Å².